The number of aliphatic hydroxyl groups excluding tert-OH is 1. The maximum Gasteiger partial charge on any atom is 0.127 e. The third-order valence-corrected chi connectivity index (χ3v) is 5.74. The van der Waals surface area contributed by atoms with Crippen molar-refractivity contribution in [1.82, 2.24) is 10.2 Å². The number of nitrogens with zero attached hydrogens (tertiary/aromatic N) is 1. The molecule has 0 bridgehead atoms. The Morgan fingerprint density at radius 3 is 2.75 bits per heavy atom. The molecule has 1 aromatic carbocycles. The van der Waals surface area contributed by atoms with Gasteiger partial charge in [0, 0.05) is 36.7 Å². The minimum Gasteiger partial charge on any atom is -0.497 e. The zero-order valence-electron chi connectivity index (χ0n) is 15.1. The van der Waals surface area contributed by atoms with Crippen LogP contribution >= 0.6 is 0 Å². The van der Waals surface area contributed by atoms with Gasteiger partial charge in [0.1, 0.15) is 11.6 Å². The first kappa shape index (κ1) is 17.6. The Hall–Kier alpha value is -1.17. The van der Waals surface area contributed by atoms with Gasteiger partial charge in [0.25, 0.3) is 0 Å². The minimum absolute atomic E-state index is 0.0641. The zero-order chi connectivity index (χ0) is 17.5. The Morgan fingerprint density at radius 2 is 2.12 bits per heavy atom. The summed E-state index contributed by atoms with van der Waals surface area (Å²) >= 11 is 0. The van der Waals surface area contributed by atoms with Gasteiger partial charge in [0.05, 0.1) is 13.2 Å². The first-order valence-electron chi connectivity index (χ1n) is 8.80. The largest absolute Gasteiger partial charge is 0.497 e. The van der Waals surface area contributed by atoms with E-state index < -0.39 is 0 Å². The van der Waals surface area contributed by atoms with Crippen LogP contribution in [0.2, 0.25) is 0 Å². The van der Waals surface area contributed by atoms with Crippen LogP contribution < -0.4 is 10.1 Å². The normalized spacial score (nSPS) is 33.2. The number of aliphatic hydroxyl groups is 1. The first-order chi connectivity index (χ1) is 11.3. The van der Waals surface area contributed by atoms with Crippen LogP contribution in [0, 0.1) is 17.2 Å². The number of ether oxygens (including phenoxy) is 1. The molecule has 1 saturated heterocycles. The van der Waals surface area contributed by atoms with Gasteiger partial charge in [-0.3, -0.25) is 0 Å². The molecule has 1 aliphatic carbocycles. The first-order valence-corrected chi connectivity index (χ1v) is 8.80. The molecule has 4 atom stereocenters. The monoisotopic (exact) mass is 336 g/mol. The van der Waals surface area contributed by atoms with Gasteiger partial charge in [-0.05, 0) is 43.5 Å². The Balaban J connectivity index is 1.64. The van der Waals surface area contributed by atoms with Crippen LogP contribution in [0.4, 0.5) is 4.39 Å². The quantitative estimate of drug-likeness (QED) is 0.867. The predicted octanol–water partition coefficient (Wildman–Crippen LogP) is 2.40. The van der Waals surface area contributed by atoms with Crippen molar-refractivity contribution < 1.29 is 14.2 Å². The molecule has 1 aliphatic heterocycles. The number of hydrogen-bond acceptors (Lipinski definition) is 4. The lowest BCUT2D eigenvalue weighted by Gasteiger charge is -2.57. The maximum absolute atomic E-state index is 13.6. The van der Waals surface area contributed by atoms with Crippen molar-refractivity contribution in [3.05, 3.63) is 29.6 Å². The Kier molecular flexibility index (Phi) is 4.87. The molecule has 1 saturated carbocycles. The highest BCUT2D eigenvalue weighted by Crippen LogP contribution is 2.52. The summed E-state index contributed by atoms with van der Waals surface area (Å²) in [5.41, 5.74) is 1.06. The number of likely N-dealkylation sites (tertiary alicyclic amines) is 1. The van der Waals surface area contributed by atoms with Gasteiger partial charge in [0.15, 0.2) is 0 Å². The minimum atomic E-state index is -0.338. The molecule has 2 unspecified atom stereocenters. The molecule has 3 rings (SSSR count). The molecule has 2 aliphatic rings. The molecule has 1 spiro atoms. The number of rotatable bonds is 5. The Morgan fingerprint density at radius 1 is 1.38 bits per heavy atom. The number of benzene rings is 1. The molecular formula is C19H29FN2O2. The molecule has 1 aromatic rings. The fourth-order valence-electron chi connectivity index (χ4n) is 5.14. The van der Waals surface area contributed by atoms with Gasteiger partial charge in [-0.25, -0.2) is 4.39 Å². The molecule has 2 N–H and O–H groups in total. The SMILES string of the molecule is COc1cc(F)cc(CN[C@@H]2CC3(C[C@H]2O)CN(C)C3C(C)C)c1. The van der Waals surface area contributed by atoms with E-state index in [-0.39, 0.29) is 23.4 Å². The molecule has 0 aromatic heterocycles. The zero-order valence-corrected chi connectivity index (χ0v) is 15.1. The summed E-state index contributed by atoms with van der Waals surface area (Å²) in [4.78, 5) is 2.40. The van der Waals surface area contributed by atoms with E-state index in [2.05, 4.69) is 31.1 Å². The molecule has 134 valence electrons. The number of methoxy groups -OCH3 is 1. The summed E-state index contributed by atoms with van der Waals surface area (Å²) in [5.74, 6) is 0.813. The second-order valence-corrected chi connectivity index (χ2v) is 7.93. The molecular weight excluding hydrogens is 307 g/mol. The van der Waals surface area contributed by atoms with Crippen LogP contribution in [0.5, 0.6) is 5.75 Å². The molecule has 1 heterocycles. The third kappa shape index (κ3) is 3.17. The summed E-state index contributed by atoms with van der Waals surface area (Å²) in [6, 6.07) is 5.32. The van der Waals surface area contributed by atoms with Crippen molar-refractivity contribution >= 4 is 0 Å². The molecule has 0 amide bonds. The van der Waals surface area contributed by atoms with E-state index in [1.807, 2.05) is 6.07 Å². The topological polar surface area (TPSA) is 44.7 Å². The van der Waals surface area contributed by atoms with Crippen LogP contribution in [0.1, 0.15) is 32.3 Å². The standard InChI is InChI=1S/C19H29FN2O2/c1-12(2)18-19(11-22(18)3)8-16(17(23)9-19)21-10-13-5-14(20)7-15(6-13)24-4/h5-7,12,16-18,21,23H,8-11H2,1-4H3/t16-,17-,18?,19?/m1/s1. The molecule has 4 nitrogen and oxygen atoms in total. The second kappa shape index (κ2) is 6.62. The number of halogens is 1. The van der Waals surface area contributed by atoms with Gasteiger partial charge >= 0.3 is 0 Å². The van der Waals surface area contributed by atoms with Gasteiger partial charge in [-0.1, -0.05) is 13.8 Å². The molecule has 2 fully saturated rings. The van der Waals surface area contributed by atoms with Crippen molar-refractivity contribution in [3.63, 3.8) is 0 Å². The predicted molar refractivity (Wildman–Crippen MR) is 92.5 cm³/mol. The van der Waals surface area contributed by atoms with Crippen LogP contribution in [0.15, 0.2) is 18.2 Å². The average Bonchev–Trinajstić information content (AvgIpc) is 2.81. The van der Waals surface area contributed by atoms with E-state index in [9.17, 15) is 9.50 Å². The Bertz CT molecular complexity index is 590. The lowest BCUT2D eigenvalue weighted by molar-refractivity contribution is -0.0828. The van der Waals surface area contributed by atoms with Crippen molar-refractivity contribution in [2.24, 2.45) is 11.3 Å². The van der Waals surface area contributed by atoms with Gasteiger partial charge in [-0.2, -0.15) is 0 Å². The summed E-state index contributed by atoms with van der Waals surface area (Å²) in [6.45, 7) is 6.11. The van der Waals surface area contributed by atoms with Crippen molar-refractivity contribution in [3.8, 4) is 5.75 Å². The Labute approximate surface area is 144 Å². The highest BCUT2D eigenvalue weighted by Gasteiger charge is 2.57. The van der Waals surface area contributed by atoms with Crippen LogP contribution in [0.3, 0.4) is 0 Å². The van der Waals surface area contributed by atoms with E-state index in [1.54, 1.807) is 0 Å². The van der Waals surface area contributed by atoms with Crippen LogP contribution in [-0.4, -0.2) is 48.9 Å². The van der Waals surface area contributed by atoms with E-state index in [0.29, 0.717) is 24.3 Å². The van der Waals surface area contributed by atoms with E-state index in [4.69, 9.17) is 4.74 Å². The summed E-state index contributed by atoms with van der Waals surface area (Å²) in [7, 11) is 3.71. The van der Waals surface area contributed by atoms with E-state index >= 15 is 0 Å². The number of nitrogens with one attached hydrogen (secondary N) is 1. The fourth-order valence-corrected chi connectivity index (χ4v) is 5.14. The average molecular weight is 336 g/mol. The summed E-state index contributed by atoms with van der Waals surface area (Å²) in [6.07, 6.45) is 1.49. The summed E-state index contributed by atoms with van der Waals surface area (Å²) in [5, 5.41) is 14.0. The molecule has 24 heavy (non-hydrogen) atoms. The van der Waals surface area contributed by atoms with Crippen LogP contribution in [0.25, 0.3) is 0 Å². The lowest BCUT2D eigenvalue weighted by Crippen LogP contribution is -2.64. The van der Waals surface area contributed by atoms with Gasteiger partial charge in [-0.15, -0.1) is 0 Å². The fraction of sp³-hybridized carbons (Fsp3) is 0.684. The summed E-state index contributed by atoms with van der Waals surface area (Å²) < 4.78 is 18.7. The maximum atomic E-state index is 13.6. The van der Waals surface area contributed by atoms with Crippen LogP contribution in [-0.2, 0) is 6.54 Å². The van der Waals surface area contributed by atoms with Crippen molar-refractivity contribution in [1.29, 1.82) is 0 Å². The van der Waals surface area contributed by atoms with Crippen molar-refractivity contribution in [2.75, 3.05) is 20.7 Å². The number of hydrogen-bond donors (Lipinski definition) is 2. The third-order valence-electron chi connectivity index (χ3n) is 5.74. The van der Waals surface area contributed by atoms with Gasteiger partial charge in [0.2, 0.25) is 0 Å². The highest BCUT2D eigenvalue weighted by atomic mass is 19.1. The second-order valence-electron chi connectivity index (χ2n) is 7.93. The van der Waals surface area contributed by atoms with Crippen molar-refractivity contribution in [2.45, 2.75) is 51.4 Å². The molecule has 5 heteroatoms. The lowest BCUT2D eigenvalue weighted by atomic mass is 9.66. The van der Waals surface area contributed by atoms with E-state index in [0.717, 1.165) is 24.9 Å². The van der Waals surface area contributed by atoms with Gasteiger partial charge < -0.3 is 20.1 Å². The van der Waals surface area contributed by atoms with E-state index in [1.165, 1.54) is 19.2 Å². The highest BCUT2D eigenvalue weighted by molar-refractivity contribution is 5.29. The molecule has 0 radical (unpaired) electrons. The smallest absolute Gasteiger partial charge is 0.127 e.